The van der Waals surface area contributed by atoms with Crippen molar-refractivity contribution in [3.8, 4) is 0 Å². The average molecular weight is 364 g/mol. The minimum atomic E-state index is -0.321. The van der Waals surface area contributed by atoms with E-state index in [0.717, 1.165) is 38.3 Å². The Labute approximate surface area is 161 Å². The second kappa shape index (κ2) is 6.63. The lowest BCUT2D eigenvalue weighted by molar-refractivity contribution is 0.262. The number of fused-ring (bicyclic) bond motifs is 4. The Bertz CT molecular complexity index is 1340. The number of carbonyl (C=O) groups excluding carboxylic acids is 1. The van der Waals surface area contributed by atoms with Crippen molar-refractivity contribution in [2.75, 3.05) is 10.6 Å². The quantitative estimate of drug-likeness (QED) is 0.402. The fourth-order valence-corrected chi connectivity index (χ4v) is 3.51. The minimum Gasteiger partial charge on any atom is -0.307 e. The number of carbonyl (C=O) groups is 1. The number of aromatic nitrogens is 2. The summed E-state index contributed by atoms with van der Waals surface area (Å²) in [6.45, 7) is 0. The van der Waals surface area contributed by atoms with Crippen molar-refractivity contribution >= 4 is 50.0 Å². The van der Waals surface area contributed by atoms with Crippen LogP contribution in [0.2, 0.25) is 0 Å². The molecule has 134 valence electrons. The smallest absolute Gasteiger partial charge is 0.307 e. The van der Waals surface area contributed by atoms with Crippen LogP contribution in [-0.4, -0.2) is 16.0 Å². The van der Waals surface area contributed by atoms with Crippen LogP contribution in [0.1, 0.15) is 0 Å². The molecule has 0 aliphatic rings. The monoisotopic (exact) mass is 364 g/mol. The summed E-state index contributed by atoms with van der Waals surface area (Å²) in [5, 5.41) is 9.90. The number of amides is 2. The number of hydrogen-bond acceptors (Lipinski definition) is 3. The van der Waals surface area contributed by atoms with Gasteiger partial charge in [0.05, 0.1) is 22.4 Å². The molecule has 0 bridgehead atoms. The van der Waals surface area contributed by atoms with Crippen molar-refractivity contribution in [1.82, 2.24) is 9.97 Å². The molecule has 0 aliphatic carbocycles. The first-order chi connectivity index (χ1) is 13.8. The number of nitrogens with one attached hydrogen (secondary N) is 2. The van der Waals surface area contributed by atoms with Gasteiger partial charge in [-0.05, 0) is 29.7 Å². The van der Waals surface area contributed by atoms with E-state index in [1.807, 2.05) is 72.8 Å². The van der Waals surface area contributed by atoms with Crippen LogP contribution in [0.15, 0.2) is 85.2 Å². The third-order valence-corrected chi connectivity index (χ3v) is 4.76. The molecule has 0 saturated heterocycles. The van der Waals surface area contributed by atoms with Crippen LogP contribution >= 0.6 is 0 Å². The molecule has 0 unspecified atom stereocenters. The topological polar surface area (TPSA) is 66.9 Å². The molecule has 0 atom stereocenters. The molecule has 5 rings (SSSR count). The fourth-order valence-electron chi connectivity index (χ4n) is 3.51. The van der Waals surface area contributed by atoms with Gasteiger partial charge in [0.15, 0.2) is 0 Å². The van der Waals surface area contributed by atoms with E-state index in [-0.39, 0.29) is 6.03 Å². The number of hydrogen-bond donors (Lipinski definition) is 2. The first-order valence-corrected chi connectivity index (χ1v) is 8.98. The van der Waals surface area contributed by atoms with Crippen LogP contribution in [0.4, 0.5) is 16.2 Å². The average Bonchev–Trinajstić information content (AvgIpc) is 2.74. The predicted molar refractivity (Wildman–Crippen MR) is 114 cm³/mol. The van der Waals surface area contributed by atoms with Gasteiger partial charge in [0.25, 0.3) is 0 Å². The number of urea groups is 1. The molecule has 2 N–H and O–H groups in total. The third-order valence-electron chi connectivity index (χ3n) is 4.76. The van der Waals surface area contributed by atoms with Crippen LogP contribution in [0.5, 0.6) is 0 Å². The van der Waals surface area contributed by atoms with Crippen LogP contribution in [-0.2, 0) is 0 Å². The van der Waals surface area contributed by atoms with Crippen LogP contribution in [0.25, 0.3) is 32.6 Å². The summed E-state index contributed by atoms with van der Waals surface area (Å²) in [5.41, 5.74) is 2.92. The van der Waals surface area contributed by atoms with Crippen molar-refractivity contribution in [3.05, 3.63) is 85.2 Å². The first-order valence-electron chi connectivity index (χ1n) is 8.98. The van der Waals surface area contributed by atoms with Crippen molar-refractivity contribution in [3.63, 3.8) is 0 Å². The molecule has 5 heteroatoms. The molecule has 0 spiro atoms. The van der Waals surface area contributed by atoms with Gasteiger partial charge in [-0.1, -0.05) is 48.5 Å². The number of nitrogens with zero attached hydrogens (tertiary/aromatic N) is 2. The molecule has 5 nitrogen and oxygen atoms in total. The molecule has 3 aromatic carbocycles. The third kappa shape index (κ3) is 2.79. The van der Waals surface area contributed by atoms with Gasteiger partial charge in [0.2, 0.25) is 0 Å². The van der Waals surface area contributed by atoms with Crippen molar-refractivity contribution < 1.29 is 4.79 Å². The van der Waals surface area contributed by atoms with E-state index in [0.29, 0.717) is 5.69 Å². The molecule has 0 fully saturated rings. The first kappa shape index (κ1) is 16.2. The highest BCUT2D eigenvalue weighted by molar-refractivity contribution is 6.14. The SMILES string of the molecule is O=C(Nc1cccc2ccccc12)Nc1cc2ncccc2c2cccnc12. The predicted octanol–water partition coefficient (Wildman–Crippen LogP) is 5.58. The summed E-state index contributed by atoms with van der Waals surface area (Å²) >= 11 is 0. The van der Waals surface area contributed by atoms with Gasteiger partial charge < -0.3 is 10.6 Å². The maximum absolute atomic E-state index is 12.7. The van der Waals surface area contributed by atoms with E-state index < -0.39 is 0 Å². The summed E-state index contributed by atoms with van der Waals surface area (Å²) in [6.07, 6.45) is 3.46. The second-order valence-electron chi connectivity index (χ2n) is 6.50. The van der Waals surface area contributed by atoms with Gasteiger partial charge in [0.1, 0.15) is 0 Å². The number of anilines is 2. The van der Waals surface area contributed by atoms with Gasteiger partial charge in [-0.25, -0.2) is 4.79 Å². The highest BCUT2D eigenvalue weighted by Crippen LogP contribution is 2.30. The Morgan fingerprint density at radius 1 is 0.679 bits per heavy atom. The lowest BCUT2D eigenvalue weighted by Crippen LogP contribution is -2.20. The highest BCUT2D eigenvalue weighted by atomic mass is 16.2. The van der Waals surface area contributed by atoms with Crippen molar-refractivity contribution in [2.45, 2.75) is 0 Å². The van der Waals surface area contributed by atoms with E-state index in [9.17, 15) is 4.79 Å². The fraction of sp³-hybridized carbons (Fsp3) is 0. The summed E-state index contributed by atoms with van der Waals surface area (Å²) < 4.78 is 0. The van der Waals surface area contributed by atoms with E-state index in [1.54, 1.807) is 12.4 Å². The van der Waals surface area contributed by atoms with Crippen LogP contribution < -0.4 is 10.6 Å². The van der Waals surface area contributed by atoms with Gasteiger partial charge in [-0.3, -0.25) is 9.97 Å². The molecular weight excluding hydrogens is 348 g/mol. The molecule has 2 aromatic heterocycles. The van der Waals surface area contributed by atoms with Gasteiger partial charge in [-0.2, -0.15) is 0 Å². The maximum atomic E-state index is 12.7. The largest absolute Gasteiger partial charge is 0.323 e. The Morgan fingerprint density at radius 3 is 2.32 bits per heavy atom. The number of benzene rings is 3. The highest BCUT2D eigenvalue weighted by Gasteiger charge is 2.12. The van der Waals surface area contributed by atoms with Gasteiger partial charge in [0, 0.05) is 28.6 Å². The van der Waals surface area contributed by atoms with E-state index in [2.05, 4.69) is 20.6 Å². The number of rotatable bonds is 2. The number of pyridine rings is 2. The Morgan fingerprint density at radius 2 is 1.39 bits per heavy atom. The van der Waals surface area contributed by atoms with E-state index >= 15 is 0 Å². The summed E-state index contributed by atoms with van der Waals surface area (Å²) in [7, 11) is 0. The zero-order valence-corrected chi connectivity index (χ0v) is 14.9. The Kier molecular flexibility index (Phi) is 3.84. The van der Waals surface area contributed by atoms with Gasteiger partial charge in [-0.15, -0.1) is 0 Å². The molecule has 0 saturated carbocycles. The Balaban J connectivity index is 1.53. The summed E-state index contributed by atoms with van der Waals surface area (Å²) in [6, 6.07) is 23.1. The molecule has 28 heavy (non-hydrogen) atoms. The lowest BCUT2D eigenvalue weighted by atomic mass is 10.1. The van der Waals surface area contributed by atoms with Gasteiger partial charge >= 0.3 is 6.03 Å². The standard InChI is InChI=1S/C23H16N4O/c28-23(26-19-11-3-7-15-6-1-2-8-16(15)19)27-21-14-20-17(9-4-12-24-20)18-10-5-13-25-22(18)21/h1-14H,(H2,26,27,28). The molecule has 0 aliphatic heterocycles. The van der Waals surface area contributed by atoms with Crippen molar-refractivity contribution in [2.24, 2.45) is 0 Å². The minimum absolute atomic E-state index is 0.321. The lowest BCUT2D eigenvalue weighted by Gasteiger charge is -2.12. The maximum Gasteiger partial charge on any atom is 0.323 e. The molecule has 5 aromatic rings. The molecule has 2 heterocycles. The second-order valence-corrected chi connectivity index (χ2v) is 6.50. The molecular formula is C23H16N4O. The van der Waals surface area contributed by atoms with Crippen LogP contribution in [0, 0.1) is 0 Å². The van der Waals surface area contributed by atoms with E-state index in [4.69, 9.17) is 0 Å². The van der Waals surface area contributed by atoms with E-state index in [1.165, 1.54) is 0 Å². The van der Waals surface area contributed by atoms with Crippen LogP contribution in [0.3, 0.4) is 0 Å². The normalized spacial score (nSPS) is 11.0. The Hall–Kier alpha value is -3.99. The summed E-state index contributed by atoms with van der Waals surface area (Å²) in [5.74, 6) is 0. The summed E-state index contributed by atoms with van der Waals surface area (Å²) in [4.78, 5) is 21.6. The van der Waals surface area contributed by atoms with Crippen molar-refractivity contribution in [1.29, 1.82) is 0 Å². The zero-order valence-electron chi connectivity index (χ0n) is 14.9. The molecule has 0 radical (unpaired) electrons. The zero-order chi connectivity index (χ0) is 18.9. The molecule has 2 amide bonds.